The van der Waals surface area contributed by atoms with Crippen LogP contribution >= 0.6 is 7.82 Å². The van der Waals surface area contributed by atoms with E-state index in [1.165, 1.54) is 0 Å². The zero-order valence-corrected chi connectivity index (χ0v) is 11.3. The van der Waals surface area contributed by atoms with E-state index in [1.54, 1.807) is 0 Å². The average Bonchev–Trinajstić information content (AvgIpc) is 2.64. The summed E-state index contributed by atoms with van der Waals surface area (Å²) in [5.74, 6) is 0. The molecule has 4 N–H and O–H groups in total. The molecule has 12 heteroatoms. The maximum atomic E-state index is 11.6. The van der Waals surface area contributed by atoms with Gasteiger partial charge < -0.3 is 29.3 Å². The number of rotatable bonds is 4. The Morgan fingerprint density at radius 3 is 2.67 bits per heavy atom. The second kappa shape index (κ2) is 5.81. The fraction of sp³-hybridized carbons (Fsp3) is 0.556. The Kier molecular flexibility index (Phi) is 4.44. The maximum absolute atomic E-state index is 11.6. The van der Waals surface area contributed by atoms with Crippen LogP contribution in [0.4, 0.5) is 0 Å². The molecule has 1 aliphatic heterocycles. The quantitative estimate of drug-likeness (QED) is 0.412. The molecule has 2 heterocycles. The number of aliphatic hydroxyl groups is 2. The van der Waals surface area contributed by atoms with Crippen LogP contribution in [-0.2, 0) is 13.8 Å². The lowest BCUT2D eigenvalue weighted by atomic mass is 10.1. The van der Waals surface area contributed by atoms with Gasteiger partial charge in [0.2, 0.25) is 0 Å². The molecular formula is C9H12N2O9P-. The van der Waals surface area contributed by atoms with Gasteiger partial charge in [-0.05, 0) is 0 Å². The van der Waals surface area contributed by atoms with Crippen molar-refractivity contribution in [1.82, 2.24) is 9.55 Å². The van der Waals surface area contributed by atoms with Crippen molar-refractivity contribution in [2.45, 2.75) is 24.5 Å². The van der Waals surface area contributed by atoms with Crippen LogP contribution in [0, 0.1) is 0 Å². The van der Waals surface area contributed by atoms with Crippen LogP contribution < -0.4 is 16.1 Å². The molecule has 0 bridgehead atoms. The highest BCUT2D eigenvalue weighted by Gasteiger charge is 2.44. The van der Waals surface area contributed by atoms with E-state index in [1.807, 2.05) is 4.98 Å². The Balaban J connectivity index is 2.18. The normalized spacial score (nSPS) is 32.0. The van der Waals surface area contributed by atoms with E-state index >= 15 is 0 Å². The fourth-order valence-corrected chi connectivity index (χ4v) is 2.23. The van der Waals surface area contributed by atoms with Crippen molar-refractivity contribution in [3.63, 3.8) is 0 Å². The van der Waals surface area contributed by atoms with Gasteiger partial charge >= 0.3 is 5.69 Å². The summed E-state index contributed by atoms with van der Waals surface area (Å²) in [4.78, 5) is 43.4. The van der Waals surface area contributed by atoms with Crippen molar-refractivity contribution in [3.05, 3.63) is 33.1 Å². The first-order chi connectivity index (χ1) is 9.69. The van der Waals surface area contributed by atoms with Crippen LogP contribution in [0.2, 0.25) is 0 Å². The number of nitrogens with one attached hydrogen (secondary N) is 1. The van der Waals surface area contributed by atoms with Gasteiger partial charge in [0.05, 0.1) is 6.61 Å². The number of ether oxygens (including phenoxy) is 1. The number of phosphoric acid groups is 1. The van der Waals surface area contributed by atoms with Crippen molar-refractivity contribution in [2.75, 3.05) is 6.61 Å². The summed E-state index contributed by atoms with van der Waals surface area (Å²) in [5.41, 5.74) is -1.53. The van der Waals surface area contributed by atoms with E-state index in [0.717, 1.165) is 16.8 Å². The molecule has 0 aliphatic carbocycles. The summed E-state index contributed by atoms with van der Waals surface area (Å²) in [6, 6.07) is 1.01. The summed E-state index contributed by atoms with van der Waals surface area (Å²) in [7, 11) is -5.01. The minimum atomic E-state index is -5.01. The van der Waals surface area contributed by atoms with E-state index in [4.69, 9.17) is 9.63 Å². The first-order valence-corrected chi connectivity index (χ1v) is 7.20. The molecule has 5 atom stereocenters. The minimum Gasteiger partial charge on any atom is -0.756 e. The molecule has 21 heavy (non-hydrogen) atoms. The molecule has 1 aliphatic rings. The molecular weight excluding hydrogens is 311 g/mol. The molecule has 1 aromatic rings. The Hall–Kier alpha value is -1.33. The molecule has 1 aromatic heterocycles. The summed E-state index contributed by atoms with van der Waals surface area (Å²) in [6.45, 7) is -0.746. The maximum Gasteiger partial charge on any atom is 0.330 e. The van der Waals surface area contributed by atoms with Crippen LogP contribution in [0.5, 0.6) is 0 Å². The molecule has 0 spiro atoms. The number of aromatic nitrogens is 2. The lowest BCUT2D eigenvalue weighted by Gasteiger charge is -2.20. The molecule has 3 unspecified atom stereocenters. The Morgan fingerprint density at radius 1 is 1.43 bits per heavy atom. The van der Waals surface area contributed by atoms with E-state index in [9.17, 15) is 29.3 Å². The number of hydrogen-bond donors (Lipinski definition) is 4. The van der Waals surface area contributed by atoms with Gasteiger partial charge in [-0.1, -0.05) is 0 Å². The number of aliphatic hydroxyl groups excluding tert-OH is 2. The van der Waals surface area contributed by atoms with E-state index in [0.29, 0.717) is 0 Å². The lowest BCUT2D eigenvalue weighted by Crippen LogP contribution is -2.37. The molecule has 0 radical (unpaired) electrons. The van der Waals surface area contributed by atoms with Crippen LogP contribution in [0.3, 0.4) is 0 Å². The summed E-state index contributed by atoms with van der Waals surface area (Å²) >= 11 is 0. The number of aromatic amines is 1. The Labute approximate surface area is 116 Å². The second-order valence-electron chi connectivity index (χ2n) is 4.33. The fourth-order valence-electron chi connectivity index (χ4n) is 1.89. The third kappa shape index (κ3) is 3.66. The molecule has 11 nitrogen and oxygen atoms in total. The number of H-pyrrole nitrogens is 1. The minimum absolute atomic E-state index is 0.656. The SMILES string of the molecule is O=c1ccn([C@@H]2O[C@H](COP(=O)([O-])O)C(O)C2O)c(=O)[nH]1. The van der Waals surface area contributed by atoms with E-state index in [2.05, 4.69) is 4.52 Å². The topological polar surface area (TPSA) is 174 Å². The molecule has 118 valence electrons. The van der Waals surface area contributed by atoms with E-state index in [-0.39, 0.29) is 0 Å². The highest BCUT2D eigenvalue weighted by Crippen LogP contribution is 2.34. The van der Waals surface area contributed by atoms with Gasteiger partial charge in [0.15, 0.2) is 6.23 Å². The first kappa shape index (κ1) is 16.0. The third-order valence-corrected chi connectivity index (χ3v) is 3.34. The van der Waals surface area contributed by atoms with Crippen LogP contribution in [-0.4, -0.2) is 49.6 Å². The zero-order chi connectivity index (χ0) is 15.8. The molecule has 2 rings (SSSR count). The number of phosphoric ester groups is 1. The van der Waals surface area contributed by atoms with Gasteiger partial charge in [0.25, 0.3) is 13.4 Å². The van der Waals surface area contributed by atoms with Crippen molar-refractivity contribution in [3.8, 4) is 0 Å². The smallest absolute Gasteiger partial charge is 0.330 e. The second-order valence-corrected chi connectivity index (χ2v) is 5.52. The predicted molar refractivity (Wildman–Crippen MR) is 63.0 cm³/mol. The van der Waals surface area contributed by atoms with Gasteiger partial charge in [0, 0.05) is 12.3 Å². The summed E-state index contributed by atoms with van der Waals surface area (Å²) in [5, 5.41) is 19.5. The number of nitrogens with zero attached hydrogens (tertiary/aromatic N) is 1. The van der Waals surface area contributed by atoms with Crippen LogP contribution in [0.15, 0.2) is 21.9 Å². The highest BCUT2D eigenvalue weighted by atomic mass is 31.2. The van der Waals surface area contributed by atoms with Gasteiger partial charge in [-0.2, -0.15) is 0 Å². The molecule has 0 saturated carbocycles. The van der Waals surface area contributed by atoms with Gasteiger partial charge in [-0.25, -0.2) is 4.79 Å². The highest BCUT2D eigenvalue weighted by molar-refractivity contribution is 7.44. The van der Waals surface area contributed by atoms with Crippen molar-refractivity contribution < 1.29 is 33.8 Å². The number of hydrogen-bond acceptors (Lipinski definition) is 8. The zero-order valence-electron chi connectivity index (χ0n) is 10.4. The molecule has 0 aromatic carbocycles. The van der Waals surface area contributed by atoms with Crippen molar-refractivity contribution >= 4 is 7.82 Å². The Bertz CT molecular complexity index is 664. The predicted octanol–water partition coefficient (Wildman–Crippen LogP) is -3.37. The van der Waals surface area contributed by atoms with Crippen molar-refractivity contribution in [1.29, 1.82) is 0 Å². The van der Waals surface area contributed by atoms with Gasteiger partial charge in [0.1, 0.15) is 18.3 Å². The molecule has 1 fully saturated rings. The molecule has 1 saturated heterocycles. The summed E-state index contributed by atoms with van der Waals surface area (Å²) < 4.78 is 20.5. The van der Waals surface area contributed by atoms with Crippen LogP contribution in [0.1, 0.15) is 6.23 Å². The van der Waals surface area contributed by atoms with Gasteiger partial charge in [-0.3, -0.25) is 18.9 Å². The third-order valence-electron chi connectivity index (χ3n) is 2.86. The largest absolute Gasteiger partial charge is 0.756 e. The lowest BCUT2D eigenvalue weighted by molar-refractivity contribution is -0.222. The monoisotopic (exact) mass is 323 g/mol. The molecule has 0 amide bonds. The first-order valence-electron chi connectivity index (χ1n) is 5.70. The Morgan fingerprint density at radius 2 is 2.10 bits per heavy atom. The van der Waals surface area contributed by atoms with Crippen molar-refractivity contribution in [2.24, 2.45) is 0 Å². The van der Waals surface area contributed by atoms with Gasteiger partial charge in [-0.15, -0.1) is 0 Å². The summed E-state index contributed by atoms with van der Waals surface area (Å²) in [6.07, 6.45) is -4.71. The van der Waals surface area contributed by atoms with E-state index < -0.39 is 50.2 Å². The average molecular weight is 323 g/mol. The van der Waals surface area contributed by atoms with Crippen LogP contribution in [0.25, 0.3) is 0 Å². The standard InChI is InChI=1S/C9H13N2O9P/c12-5-1-2-11(9(15)10-5)8-7(14)6(13)4(20-8)3-19-21(16,17)18/h1-2,4,6-8,13-14H,3H2,(H,10,12,15)(H2,16,17,18)/p-1/t4-,6?,7?,8-/m1/s1.